The second kappa shape index (κ2) is 6.73. The van der Waals surface area contributed by atoms with Gasteiger partial charge in [0.25, 0.3) is 5.95 Å². The number of hydrogen-bond donors (Lipinski definition) is 0. The zero-order valence-electron chi connectivity index (χ0n) is 12.7. The molecule has 1 aromatic rings. The second-order valence-corrected chi connectivity index (χ2v) is 6.21. The minimum Gasteiger partial charge on any atom is -0.489 e. The van der Waals surface area contributed by atoms with Crippen LogP contribution < -0.4 is 4.74 Å². The Kier molecular flexibility index (Phi) is 4.73. The quantitative estimate of drug-likeness (QED) is 0.741. The lowest BCUT2D eigenvalue weighted by atomic mass is 9.85. The van der Waals surface area contributed by atoms with Gasteiger partial charge < -0.3 is 9.47 Å². The van der Waals surface area contributed by atoms with E-state index in [4.69, 9.17) is 9.47 Å². The SMILES string of the molecule is CCOc1ccc(C2CCC(OCC3CC3)CC2)nc1F. The minimum atomic E-state index is -0.485. The molecule has 0 atom stereocenters. The van der Waals surface area contributed by atoms with Crippen LogP contribution >= 0.6 is 0 Å². The molecule has 4 heteroatoms. The van der Waals surface area contributed by atoms with Gasteiger partial charge >= 0.3 is 0 Å². The van der Waals surface area contributed by atoms with Crippen molar-refractivity contribution in [2.45, 2.75) is 57.5 Å². The van der Waals surface area contributed by atoms with E-state index >= 15 is 0 Å². The zero-order valence-corrected chi connectivity index (χ0v) is 12.7. The lowest BCUT2D eigenvalue weighted by Crippen LogP contribution is -2.22. The van der Waals surface area contributed by atoms with Gasteiger partial charge in [0, 0.05) is 18.2 Å². The first-order chi connectivity index (χ1) is 10.3. The summed E-state index contributed by atoms with van der Waals surface area (Å²) in [5.74, 6) is 0.949. The van der Waals surface area contributed by atoms with Crippen LogP contribution in [0.1, 0.15) is 57.1 Å². The number of halogens is 1. The van der Waals surface area contributed by atoms with Gasteiger partial charge in [-0.05, 0) is 63.5 Å². The molecule has 1 heterocycles. The van der Waals surface area contributed by atoms with Crippen molar-refractivity contribution in [2.24, 2.45) is 5.92 Å². The molecule has 2 saturated carbocycles. The molecule has 0 amide bonds. The third kappa shape index (κ3) is 3.94. The first-order valence-electron chi connectivity index (χ1n) is 8.17. The van der Waals surface area contributed by atoms with E-state index in [2.05, 4.69) is 4.98 Å². The average Bonchev–Trinajstić information content (AvgIpc) is 3.32. The lowest BCUT2D eigenvalue weighted by molar-refractivity contribution is 0.0184. The van der Waals surface area contributed by atoms with E-state index in [1.165, 1.54) is 12.8 Å². The summed E-state index contributed by atoms with van der Waals surface area (Å²) < 4.78 is 25.0. The smallest absolute Gasteiger partial charge is 0.255 e. The van der Waals surface area contributed by atoms with Gasteiger partial charge in [0.1, 0.15) is 0 Å². The van der Waals surface area contributed by atoms with Crippen LogP contribution in [0, 0.1) is 11.9 Å². The molecule has 1 aromatic heterocycles. The van der Waals surface area contributed by atoms with Crippen LogP contribution in [0.4, 0.5) is 4.39 Å². The molecule has 0 unspecified atom stereocenters. The van der Waals surface area contributed by atoms with Gasteiger partial charge in [-0.3, -0.25) is 0 Å². The predicted molar refractivity (Wildman–Crippen MR) is 79.0 cm³/mol. The molecule has 0 aliphatic heterocycles. The molecule has 0 bridgehead atoms. The second-order valence-electron chi connectivity index (χ2n) is 6.21. The van der Waals surface area contributed by atoms with Crippen molar-refractivity contribution < 1.29 is 13.9 Å². The Labute approximate surface area is 125 Å². The topological polar surface area (TPSA) is 31.4 Å². The van der Waals surface area contributed by atoms with E-state index in [-0.39, 0.29) is 5.75 Å². The van der Waals surface area contributed by atoms with Crippen molar-refractivity contribution in [2.75, 3.05) is 13.2 Å². The van der Waals surface area contributed by atoms with E-state index in [9.17, 15) is 4.39 Å². The lowest BCUT2D eigenvalue weighted by Gasteiger charge is -2.28. The Balaban J connectivity index is 1.52. The van der Waals surface area contributed by atoms with Crippen LogP contribution in [0.15, 0.2) is 12.1 Å². The Bertz CT molecular complexity index is 468. The van der Waals surface area contributed by atoms with Gasteiger partial charge in [0.2, 0.25) is 0 Å². The first kappa shape index (κ1) is 14.8. The summed E-state index contributed by atoms with van der Waals surface area (Å²) in [6.07, 6.45) is 7.28. The maximum Gasteiger partial charge on any atom is 0.255 e. The number of rotatable bonds is 6. The van der Waals surface area contributed by atoms with E-state index in [1.54, 1.807) is 6.07 Å². The minimum absolute atomic E-state index is 0.253. The highest BCUT2D eigenvalue weighted by Crippen LogP contribution is 2.35. The monoisotopic (exact) mass is 293 g/mol. The Morgan fingerprint density at radius 3 is 2.52 bits per heavy atom. The highest BCUT2D eigenvalue weighted by atomic mass is 19.1. The number of hydrogen-bond acceptors (Lipinski definition) is 3. The van der Waals surface area contributed by atoms with Crippen LogP contribution in [0.3, 0.4) is 0 Å². The molecule has 0 saturated heterocycles. The van der Waals surface area contributed by atoms with Crippen molar-refractivity contribution in [3.63, 3.8) is 0 Å². The average molecular weight is 293 g/mol. The van der Waals surface area contributed by atoms with Crippen LogP contribution in [-0.4, -0.2) is 24.3 Å². The van der Waals surface area contributed by atoms with Gasteiger partial charge in [-0.15, -0.1) is 0 Å². The Morgan fingerprint density at radius 1 is 1.14 bits per heavy atom. The van der Waals surface area contributed by atoms with Crippen molar-refractivity contribution in [3.8, 4) is 5.75 Å². The highest BCUT2D eigenvalue weighted by molar-refractivity contribution is 5.23. The summed E-state index contributed by atoms with van der Waals surface area (Å²) in [5, 5.41) is 0. The molecule has 0 radical (unpaired) electrons. The molecule has 0 spiro atoms. The number of aromatic nitrogens is 1. The van der Waals surface area contributed by atoms with Crippen LogP contribution in [0.25, 0.3) is 0 Å². The highest BCUT2D eigenvalue weighted by Gasteiger charge is 2.27. The van der Waals surface area contributed by atoms with Gasteiger partial charge in [-0.25, -0.2) is 4.98 Å². The van der Waals surface area contributed by atoms with E-state index in [1.807, 2.05) is 13.0 Å². The van der Waals surface area contributed by atoms with Gasteiger partial charge in [-0.1, -0.05) is 0 Å². The Morgan fingerprint density at radius 2 is 1.90 bits per heavy atom. The zero-order chi connectivity index (χ0) is 14.7. The van der Waals surface area contributed by atoms with Crippen molar-refractivity contribution in [3.05, 3.63) is 23.8 Å². The molecular formula is C17H24FNO2. The summed E-state index contributed by atoms with van der Waals surface area (Å²) >= 11 is 0. The number of ether oxygens (including phenoxy) is 2. The largest absolute Gasteiger partial charge is 0.489 e. The van der Waals surface area contributed by atoms with Gasteiger partial charge in [-0.2, -0.15) is 4.39 Å². The van der Waals surface area contributed by atoms with Crippen molar-refractivity contribution in [1.82, 2.24) is 4.98 Å². The summed E-state index contributed by atoms with van der Waals surface area (Å²) in [7, 11) is 0. The van der Waals surface area contributed by atoms with E-state index in [0.29, 0.717) is 18.6 Å². The molecular weight excluding hydrogens is 269 g/mol. The van der Waals surface area contributed by atoms with E-state index < -0.39 is 5.95 Å². The number of pyridine rings is 1. The first-order valence-corrected chi connectivity index (χ1v) is 8.17. The summed E-state index contributed by atoms with van der Waals surface area (Å²) in [6.45, 7) is 3.24. The number of nitrogens with zero attached hydrogens (tertiary/aromatic N) is 1. The molecule has 116 valence electrons. The van der Waals surface area contributed by atoms with Gasteiger partial charge in [0.05, 0.1) is 12.7 Å². The molecule has 2 aliphatic rings. The van der Waals surface area contributed by atoms with Crippen molar-refractivity contribution >= 4 is 0 Å². The predicted octanol–water partition coefficient (Wildman–Crippen LogP) is 4.07. The normalized spacial score (nSPS) is 25.8. The summed E-state index contributed by atoms with van der Waals surface area (Å²) in [6, 6.07) is 3.61. The third-order valence-corrected chi connectivity index (χ3v) is 4.49. The molecule has 0 N–H and O–H groups in total. The standard InChI is InChI=1S/C17H24FNO2/c1-2-20-16-10-9-15(19-17(16)18)13-5-7-14(8-6-13)21-11-12-3-4-12/h9-10,12-14H,2-8,11H2,1H3. The van der Waals surface area contributed by atoms with E-state index in [0.717, 1.165) is 43.9 Å². The third-order valence-electron chi connectivity index (χ3n) is 4.49. The molecule has 2 fully saturated rings. The van der Waals surface area contributed by atoms with Crippen molar-refractivity contribution in [1.29, 1.82) is 0 Å². The fraction of sp³-hybridized carbons (Fsp3) is 0.706. The fourth-order valence-electron chi connectivity index (χ4n) is 3.01. The molecule has 3 rings (SSSR count). The molecule has 2 aliphatic carbocycles. The van der Waals surface area contributed by atoms with Crippen LogP contribution in [0.2, 0.25) is 0 Å². The maximum absolute atomic E-state index is 13.8. The van der Waals surface area contributed by atoms with Crippen LogP contribution in [-0.2, 0) is 4.74 Å². The maximum atomic E-state index is 13.8. The van der Waals surface area contributed by atoms with Crippen LogP contribution in [0.5, 0.6) is 5.75 Å². The molecule has 3 nitrogen and oxygen atoms in total. The summed E-state index contributed by atoms with van der Waals surface area (Å²) in [5.41, 5.74) is 0.858. The molecule has 0 aromatic carbocycles. The van der Waals surface area contributed by atoms with Gasteiger partial charge in [0.15, 0.2) is 5.75 Å². The summed E-state index contributed by atoms with van der Waals surface area (Å²) in [4.78, 5) is 4.09. The Hall–Kier alpha value is -1.16. The molecule has 21 heavy (non-hydrogen) atoms. The fourth-order valence-corrected chi connectivity index (χ4v) is 3.01.